The van der Waals surface area contributed by atoms with E-state index in [1.807, 2.05) is 0 Å². The molecule has 5 nitrogen and oxygen atoms in total. The van der Waals surface area contributed by atoms with Gasteiger partial charge in [0.25, 0.3) is 0 Å². The van der Waals surface area contributed by atoms with Crippen molar-refractivity contribution in [3.05, 3.63) is 35.9 Å². The molecule has 1 heterocycles. The summed E-state index contributed by atoms with van der Waals surface area (Å²) < 4.78 is 0. The maximum absolute atomic E-state index is 4.95. The Morgan fingerprint density at radius 2 is 1.89 bits per heavy atom. The van der Waals surface area contributed by atoms with E-state index in [0.29, 0.717) is 6.04 Å². The summed E-state index contributed by atoms with van der Waals surface area (Å²) in [4.78, 5) is 9.96. The van der Waals surface area contributed by atoms with Crippen LogP contribution in [0.4, 0.5) is 0 Å². The van der Waals surface area contributed by atoms with Crippen LogP contribution in [0, 0.1) is 5.92 Å². The lowest BCUT2D eigenvalue weighted by Crippen LogP contribution is -2.41. The first kappa shape index (κ1) is 21.7. The average molecular weight is 374 g/mol. The van der Waals surface area contributed by atoms with Gasteiger partial charge in [-0.3, -0.25) is 9.89 Å². The van der Waals surface area contributed by atoms with Gasteiger partial charge in [-0.15, -0.1) is 0 Å². The summed E-state index contributed by atoms with van der Waals surface area (Å²) in [6.07, 6.45) is 1.28. The number of rotatable bonds is 10. The highest BCUT2D eigenvalue weighted by Gasteiger charge is 2.21. The molecular weight excluding hydrogens is 334 g/mol. The van der Waals surface area contributed by atoms with Gasteiger partial charge in [-0.2, -0.15) is 0 Å². The fourth-order valence-corrected chi connectivity index (χ4v) is 3.90. The van der Waals surface area contributed by atoms with E-state index in [0.717, 1.165) is 51.1 Å². The van der Waals surface area contributed by atoms with Crippen molar-refractivity contribution in [2.24, 2.45) is 10.9 Å². The Morgan fingerprint density at radius 3 is 2.48 bits per heavy atom. The summed E-state index contributed by atoms with van der Waals surface area (Å²) in [5, 5.41) is 7.00. The minimum atomic E-state index is 0.318. The van der Waals surface area contributed by atoms with Gasteiger partial charge in [0, 0.05) is 19.6 Å². The highest BCUT2D eigenvalue weighted by atomic mass is 15.2. The number of hydrogen-bond donors (Lipinski definition) is 2. The number of guanidine groups is 1. The molecule has 2 unspecified atom stereocenters. The molecular formula is C22H39N5. The second-order valence-corrected chi connectivity index (χ2v) is 7.30. The molecule has 1 saturated heterocycles. The first-order chi connectivity index (χ1) is 13.2. The Kier molecular flexibility index (Phi) is 9.64. The molecule has 0 amide bonds. The number of nitrogens with zero attached hydrogens (tertiary/aromatic N) is 3. The van der Waals surface area contributed by atoms with Crippen LogP contribution in [0.15, 0.2) is 35.3 Å². The Hall–Kier alpha value is -1.59. The predicted octanol–water partition coefficient (Wildman–Crippen LogP) is 2.97. The topological polar surface area (TPSA) is 42.9 Å². The SMILES string of the molecule is CCNC(=NCC(c1ccccc1)N(CC)CC)NCC1CCN(CC)C1. The Bertz CT molecular complexity index is 541. The molecule has 152 valence electrons. The first-order valence-electron chi connectivity index (χ1n) is 10.7. The van der Waals surface area contributed by atoms with Gasteiger partial charge in [0.1, 0.15) is 0 Å². The van der Waals surface area contributed by atoms with Crippen molar-refractivity contribution in [3.63, 3.8) is 0 Å². The van der Waals surface area contributed by atoms with Gasteiger partial charge < -0.3 is 15.5 Å². The van der Waals surface area contributed by atoms with Crippen LogP contribution in [0.2, 0.25) is 0 Å². The zero-order valence-electron chi connectivity index (χ0n) is 17.7. The molecule has 0 radical (unpaired) electrons. The summed E-state index contributed by atoms with van der Waals surface area (Å²) in [5.41, 5.74) is 1.34. The lowest BCUT2D eigenvalue weighted by Gasteiger charge is -2.29. The highest BCUT2D eigenvalue weighted by Crippen LogP contribution is 2.20. The number of likely N-dealkylation sites (tertiary alicyclic amines) is 1. The quantitative estimate of drug-likeness (QED) is 0.489. The Labute approximate surface area is 166 Å². The van der Waals surface area contributed by atoms with Crippen LogP contribution < -0.4 is 10.6 Å². The fraction of sp³-hybridized carbons (Fsp3) is 0.682. The largest absolute Gasteiger partial charge is 0.357 e. The first-order valence-corrected chi connectivity index (χ1v) is 10.7. The van der Waals surface area contributed by atoms with Crippen LogP contribution in [0.3, 0.4) is 0 Å². The van der Waals surface area contributed by atoms with Crippen molar-refractivity contribution in [3.8, 4) is 0 Å². The smallest absolute Gasteiger partial charge is 0.191 e. The normalized spacial score (nSPS) is 19.4. The van der Waals surface area contributed by atoms with E-state index in [9.17, 15) is 0 Å². The molecule has 5 heteroatoms. The van der Waals surface area contributed by atoms with Crippen LogP contribution in [-0.4, -0.2) is 68.1 Å². The lowest BCUT2D eigenvalue weighted by atomic mass is 10.1. The van der Waals surface area contributed by atoms with Crippen LogP contribution in [0.1, 0.15) is 45.7 Å². The molecule has 1 aromatic carbocycles. The van der Waals surface area contributed by atoms with Gasteiger partial charge in [-0.25, -0.2) is 0 Å². The van der Waals surface area contributed by atoms with Crippen molar-refractivity contribution in [1.29, 1.82) is 0 Å². The minimum absolute atomic E-state index is 0.318. The molecule has 0 aromatic heterocycles. The molecule has 2 atom stereocenters. The van der Waals surface area contributed by atoms with Gasteiger partial charge in [0.2, 0.25) is 0 Å². The van der Waals surface area contributed by atoms with E-state index in [4.69, 9.17) is 4.99 Å². The van der Waals surface area contributed by atoms with Crippen LogP contribution in [0.25, 0.3) is 0 Å². The molecule has 1 aliphatic heterocycles. The van der Waals surface area contributed by atoms with Gasteiger partial charge in [0.05, 0.1) is 12.6 Å². The monoisotopic (exact) mass is 373 g/mol. The van der Waals surface area contributed by atoms with Crippen molar-refractivity contribution < 1.29 is 0 Å². The highest BCUT2D eigenvalue weighted by molar-refractivity contribution is 5.79. The second-order valence-electron chi connectivity index (χ2n) is 7.30. The van der Waals surface area contributed by atoms with Gasteiger partial charge in [-0.05, 0) is 51.0 Å². The van der Waals surface area contributed by atoms with Crippen LogP contribution in [0.5, 0.6) is 0 Å². The summed E-state index contributed by atoms with van der Waals surface area (Å²) in [5.74, 6) is 1.67. The van der Waals surface area contributed by atoms with Gasteiger partial charge in [-0.1, -0.05) is 51.1 Å². The van der Waals surface area contributed by atoms with Crippen molar-refractivity contribution >= 4 is 5.96 Å². The van der Waals surface area contributed by atoms with Gasteiger partial charge >= 0.3 is 0 Å². The number of aliphatic imine (C=N–C) groups is 1. The molecule has 1 fully saturated rings. The number of likely N-dealkylation sites (N-methyl/N-ethyl adjacent to an activating group) is 1. The molecule has 0 aliphatic carbocycles. The Balaban J connectivity index is 2.00. The van der Waals surface area contributed by atoms with E-state index in [-0.39, 0.29) is 0 Å². The number of benzene rings is 1. The zero-order chi connectivity index (χ0) is 19.5. The van der Waals surface area contributed by atoms with Crippen LogP contribution in [-0.2, 0) is 0 Å². The summed E-state index contributed by atoms with van der Waals surface area (Å²) in [6.45, 7) is 17.2. The molecule has 0 spiro atoms. The summed E-state index contributed by atoms with van der Waals surface area (Å²) >= 11 is 0. The zero-order valence-corrected chi connectivity index (χ0v) is 17.7. The van der Waals surface area contributed by atoms with Crippen LogP contribution >= 0.6 is 0 Å². The predicted molar refractivity (Wildman–Crippen MR) is 116 cm³/mol. The average Bonchev–Trinajstić information content (AvgIpc) is 3.18. The molecule has 27 heavy (non-hydrogen) atoms. The summed E-state index contributed by atoms with van der Waals surface area (Å²) in [6, 6.07) is 11.1. The molecule has 1 aromatic rings. The number of hydrogen-bond acceptors (Lipinski definition) is 3. The third-order valence-electron chi connectivity index (χ3n) is 5.58. The van der Waals surface area contributed by atoms with E-state index < -0.39 is 0 Å². The summed E-state index contributed by atoms with van der Waals surface area (Å²) in [7, 11) is 0. The van der Waals surface area contributed by atoms with Crippen molar-refractivity contribution in [2.45, 2.75) is 40.2 Å². The molecule has 2 rings (SSSR count). The number of nitrogens with one attached hydrogen (secondary N) is 2. The maximum Gasteiger partial charge on any atom is 0.191 e. The van der Waals surface area contributed by atoms with E-state index in [2.05, 4.69) is 78.5 Å². The van der Waals surface area contributed by atoms with Crippen molar-refractivity contribution in [2.75, 3.05) is 52.4 Å². The fourth-order valence-electron chi connectivity index (χ4n) is 3.90. The van der Waals surface area contributed by atoms with E-state index >= 15 is 0 Å². The third-order valence-corrected chi connectivity index (χ3v) is 5.58. The molecule has 1 aliphatic rings. The van der Waals surface area contributed by atoms with Gasteiger partial charge in [0.15, 0.2) is 5.96 Å². The van der Waals surface area contributed by atoms with E-state index in [1.54, 1.807) is 0 Å². The maximum atomic E-state index is 4.95. The molecule has 0 bridgehead atoms. The molecule has 0 saturated carbocycles. The standard InChI is InChI=1S/C22H39N5/c1-5-23-22(24-16-19-14-15-26(6-2)18-19)25-17-21(27(7-3)8-4)20-12-10-9-11-13-20/h9-13,19,21H,5-8,14-18H2,1-4H3,(H2,23,24,25). The minimum Gasteiger partial charge on any atom is -0.357 e. The molecule has 2 N–H and O–H groups in total. The van der Waals surface area contributed by atoms with Crippen molar-refractivity contribution in [1.82, 2.24) is 20.4 Å². The second kappa shape index (κ2) is 12.0. The Morgan fingerprint density at radius 1 is 1.15 bits per heavy atom. The lowest BCUT2D eigenvalue weighted by molar-refractivity contribution is 0.224. The van der Waals surface area contributed by atoms with E-state index in [1.165, 1.54) is 25.1 Å². The third kappa shape index (κ3) is 6.82.